The molecule has 0 aromatic rings. The van der Waals surface area contributed by atoms with Gasteiger partial charge in [0.1, 0.15) is 0 Å². The summed E-state index contributed by atoms with van der Waals surface area (Å²) < 4.78 is 10.4. The van der Waals surface area contributed by atoms with Crippen LogP contribution in [0.15, 0.2) is 36.5 Å². The summed E-state index contributed by atoms with van der Waals surface area (Å²) in [5, 5.41) is 0. The molecule has 0 radical (unpaired) electrons. The molecule has 204 valence electrons. The van der Waals surface area contributed by atoms with E-state index in [1.165, 1.54) is 77.0 Å². The predicted molar refractivity (Wildman–Crippen MR) is 153 cm³/mol. The van der Waals surface area contributed by atoms with E-state index in [-0.39, 0.29) is 0 Å². The summed E-state index contributed by atoms with van der Waals surface area (Å²) in [6, 6.07) is 0. The van der Waals surface area contributed by atoms with E-state index >= 15 is 0 Å². The Morgan fingerprint density at radius 1 is 0.571 bits per heavy atom. The van der Waals surface area contributed by atoms with Gasteiger partial charge in [-0.05, 0) is 50.9 Å². The minimum atomic E-state index is -0.491. The van der Waals surface area contributed by atoms with Crippen LogP contribution in [0, 0.1) is 5.92 Å². The van der Waals surface area contributed by atoms with Gasteiger partial charge < -0.3 is 9.47 Å². The van der Waals surface area contributed by atoms with Crippen molar-refractivity contribution >= 4 is 6.16 Å². The largest absolute Gasteiger partial charge is 0.508 e. The molecule has 0 aromatic heterocycles. The maximum atomic E-state index is 11.6. The summed E-state index contributed by atoms with van der Waals surface area (Å²) in [4.78, 5) is 11.6. The highest BCUT2D eigenvalue weighted by Crippen LogP contribution is 2.13. The maximum absolute atomic E-state index is 11.6. The minimum Gasteiger partial charge on any atom is -0.434 e. The smallest absolute Gasteiger partial charge is 0.434 e. The van der Waals surface area contributed by atoms with E-state index in [0.29, 0.717) is 13.2 Å². The molecule has 0 saturated carbocycles. The highest BCUT2D eigenvalue weighted by Gasteiger charge is 2.03. The van der Waals surface area contributed by atoms with Crippen LogP contribution in [0.5, 0.6) is 0 Å². The van der Waals surface area contributed by atoms with Crippen LogP contribution in [0.4, 0.5) is 4.79 Å². The van der Waals surface area contributed by atoms with E-state index < -0.39 is 6.16 Å². The van der Waals surface area contributed by atoms with Gasteiger partial charge in [-0.15, -0.1) is 0 Å². The fourth-order valence-corrected chi connectivity index (χ4v) is 3.97. The van der Waals surface area contributed by atoms with Crippen LogP contribution < -0.4 is 0 Å². The number of allylic oxidation sites excluding steroid dienone is 6. The summed E-state index contributed by atoms with van der Waals surface area (Å²) >= 11 is 0. The topological polar surface area (TPSA) is 35.5 Å². The molecular weight excluding hydrogens is 432 g/mol. The molecule has 0 fully saturated rings. The van der Waals surface area contributed by atoms with E-state index in [1.54, 1.807) is 0 Å². The van der Waals surface area contributed by atoms with Crippen molar-refractivity contribution in [3.63, 3.8) is 0 Å². The molecule has 0 aliphatic heterocycles. The second kappa shape index (κ2) is 28.7. The highest BCUT2D eigenvalue weighted by molar-refractivity contribution is 5.59. The molecule has 0 spiro atoms. The molecule has 3 heteroatoms. The first-order chi connectivity index (χ1) is 17.2. The first-order valence-corrected chi connectivity index (χ1v) is 14.9. The van der Waals surface area contributed by atoms with Gasteiger partial charge in [0.2, 0.25) is 0 Å². The van der Waals surface area contributed by atoms with Gasteiger partial charge in [0.25, 0.3) is 0 Å². The van der Waals surface area contributed by atoms with E-state index in [4.69, 9.17) is 9.47 Å². The van der Waals surface area contributed by atoms with Gasteiger partial charge in [-0.2, -0.15) is 0 Å². The zero-order valence-corrected chi connectivity index (χ0v) is 23.6. The number of hydrogen-bond acceptors (Lipinski definition) is 3. The first-order valence-electron chi connectivity index (χ1n) is 14.9. The lowest BCUT2D eigenvalue weighted by molar-refractivity contribution is 0.0529. The molecular formula is C32H58O3. The van der Waals surface area contributed by atoms with Crippen LogP contribution in [0.2, 0.25) is 0 Å². The van der Waals surface area contributed by atoms with E-state index in [2.05, 4.69) is 57.2 Å². The van der Waals surface area contributed by atoms with Crippen molar-refractivity contribution in [3.05, 3.63) is 36.5 Å². The fourth-order valence-electron chi connectivity index (χ4n) is 3.97. The molecule has 0 heterocycles. The lowest BCUT2D eigenvalue weighted by Crippen LogP contribution is -2.09. The van der Waals surface area contributed by atoms with E-state index in [9.17, 15) is 4.79 Å². The van der Waals surface area contributed by atoms with Crippen molar-refractivity contribution in [3.8, 4) is 0 Å². The molecule has 35 heavy (non-hydrogen) atoms. The lowest BCUT2D eigenvalue weighted by atomic mass is 10.0. The molecule has 0 aliphatic carbocycles. The molecule has 0 bridgehead atoms. The first kappa shape index (κ1) is 33.5. The van der Waals surface area contributed by atoms with Crippen molar-refractivity contribution in [2.24, 2.45) is 5.92 Å². The molecule has 0 N–H and O–H groups in total. The van der Waals surface area contributed by atoms with E-state index in [0.717, 1.165) is 50.9 Å². The normalized spacial score (nSPS) is 12.0. The highest BCUT2D eigenvalue weighted by atomic mass is 16.7. The minimum absolute atomic E-state index is 0.486. The van der Waals surface area contributed by atoms with E-state index in [1.807, 2.05) is 0 Å². The van der Waals surface area contributed by atoms with Crippen LogP contribution in [-0.4, -0.2) is 19.4 Å². The second-order valence-electron chi connectivity index (χ2n) is 10.2. The molecule has 0 rings (SSSR count). The predicted octanol–water partition coefficient (Wildman–Crippen LogP) is 10.9. The van der Waals surface area contributed by atoms with Crippen LogP contribution in [0.3, 0.4) is 0 Å². The SMILES string of the molecule is CCC=CCC=CCC=CCCCCCCCCOC(=O)OCCCCCCCCCCC(C)C. The Morgan fingerprint density at radius 2 is 1.00 bits per heavy atom. The number of carbonyl (C=O) groups excluding carboxylic acids is 1. The summed E-state index contributed by atoms with van der Waals surface area (Å²) in [5.41, 5.74) is 0. The van der Waals surface area contributed by atoms with Crippen molar-refractivity contribution in [2.75, 3.05) is 13.2 Å². The Kier molecular flexibility index (Phi) is 27.5. The van der Waals surface area contributed by atoms with Crippen molar-refractivity contribution < 1.29 is 14.3 Å². The van der Waals surface area contributed by atoms with Gasteiger partial charge in [0.15, 0.2) is 0 Å². The summed E-state index contributed by atoms with van der Waals surface area (Å²) in [7, 11) is 0. The quantitative estimate of drug-likeness (QED) is 0.0725. The number of rotatable bonds is 25. The zero-order valence-electron chi connectivity index (χ0n) is 23.6. The average Bonchev–Trinajstić information content (AvgIpc) is 2.84. The van der Waals surface area contributed by atoms with Crippen LogP contribution >= 0.6 is 0 Å². The summed E-state index contributed by atoms with van der Waals surface area (Å²) in [5.74, 6) is 0.839. The molecule has 0 saturated heterocycles. The molecule has 0 aliphatic rings. The number of unbranched alkanes of at least 4 members (excludes halogenated alkanes) is 13. The van der Waals surface area contributed by atoms with Gasteiger partial charge in [0.05, 0.1) is 13.2 Å². The Morgan fingerprint density at radius 3 is 1.51 bits per heavy atom. The summed E-state index contributed by atoms with van der Waals surface area (Å²) in [6.07, 6.45) is 35.9. The van der Waals surface area contributed by atoms with Crippen molar-refractivity contribution in [2.45, 2.75) is 143 Å². The van der Waals surface area contributed by atoms with Gasteiger partial charge in [0, 0.05) is 0 Å². The van der Waals surface area contributed by atoms with Crippen LogP contribution in [0.1, 0.15) is 143 Å². The molecule has 0 amide bonds. The Labute approximate surface area is 218 Å². The standard InChI is InChI=1S/C32H58O3/c1-4-5-6-7-8-9-10-11-12-13-14-15-17-20-23-26-29-34-32(33)35-30-27-24-21-18-16-19-22-25-28-31(2)3/h5-6,8-9,11-12,31H,4,7,10,13-30H2,1-3H3. The molecule has 0 aromatic carbocycles. The Bertz CT molecular complexity index is 519. The fraction of sp³-hybridized carbons (Fsp3) is 0.781. The number of hydrogen-bond donors (Lipinski definition) is 0. The number of carbonyl (C=O) groups is 1. The van der Waals surface area contributed by atoms with Crippen molar-refractivity contribution in [1.29, 1.82) is 0 Å². The van der Waals surface area contributed by atoms with Gasteiger partial charge in [-0.25, -0.2) is 4.79 Å². The maximum Gasteiger partial charge on any atom is 0.508 e. The van der Waals surface area contributed by atoms with Gasteiger partial charge in [-0.1, -0.05) is 134 Å². The molecule has 0 atom stereocenters. The molecule has 0 unspecified atom stereocenters. The van der Waals surface area contributed by atoms with Crippen LogP contribution in [0.25, 0.3) is 0 Å². The lowest BCUT2D eigenvalue weighted by Gasteiger charge is -2.07. The average molecular weight is 491 g/mol. The summed E-state index contributed by atoms with van der Waals surface area (Å²) in [6.45, 7) is 7.75. The third-order valence-corrected chi connectivity index (χ3v) is 6.16. The second-order valence-corrected chi connectivity index (χ2v) is 10.2. The van der Waals surface area contributed by atoms with Gasteiger partial charge in [-0.3, -0.25) is 0 Å². The Hall–Kier alpha value is -1.51. The number of ether oxygens (including phenoxy) is 2. The van der Waals surface area contributed by atoms with Crippen LogP contribution in [-0.2, 0) is 9.47 Å². The van der Waals surface area contributed by atoms with Gasteiger partial charge >= 0.3 is 6.16 Å². The zero-order chi connectivity index (χ0) is 25.7. The Balaban J connectivity index is 3.25. The molecule has 3 nitrogen and oxygen atoms in total. The third-order valence-electron chi connectivity index (χ3n) is 6.16. The monoisotopic (exact) mass is 490 g/mol. The van der Waals surface area contributed by atoms with Crippen molar-refractivity contribution in [1.82, 2.24) is 0 Å². The third kappa shape index (κ3) is 30.5.